The van der Waals surface area contributed by atoms with E-state index in [1.807, 2.05) is 0 Å². The summed E-state index contributed by atoms with van der Waals surface area (Å²) in [6.45, 7) is 4.34. The molecule has 74 valence electrons. The molecule has 1 aromatic rings. The van der Waals surface area contributed by atoms with Gasteiger partial charge in [-0.05, 0) is 80.8 Å². The van der Waals surface area contributed by atoms with Crippen molar-refractivity contribution < 1.29 is 0 Å². The van der Waals surface area contributed by atoms with Gasteiger partial charge in [0, 0.05) is 27.9 Å². The molecule has 14 heavy (non-hydrogen) atoms. The molecule has 1 atom stereocenters. The Hall–Kier alpha value is 1.08. The van der Waals surface area contributed by atoms with E-state index < -0.39 is 0 Å². The lowest BCUT2D eigenvalue weighted by molar-refractivity contribution is 1.04. The summed E-state index contributed by atoms with van der Waals surface area (Å²) in [6, 6.07) is 2.19. The monoisotopic (exact) mass is 523 g/mol. The van der Waals surface area contributed by atoms with Gasteiger partial charge >= 0.3 is 0 Å². The summed E-state index contributed by atoms with van der Waals surface area (Å²) in [4.78, 5) is 4.60. The number of hydrogen-bond donors (Lipinski definition) is 0. The van der Waals surface area contributed by atoms with Crippen molar-refractivity contribution >= 4 is 79.2 Å². The maximum Gasteiger partial charge on any atom is 0.0689 e. The van der Waals surface area contributed by atoms with Crippen LogP contribution in [0.3, 0.4) is 0 Å². The summed E-state index contributed by atoms with van der Waals surface area (Å²) in [5.41, 5.74) is 3.81. The minimum atomic E-state index is 0.488. The number of fused-ring (bicyclic) bond motifs is 1. The molecule has 0 spiro atoms. The Balaban J connectivity index is 2.72. The van der Waals surface area contributed by atoms with Crippen molar-refractivity contribution in [2.75, 3.05) is 0 Å². The van der Waals surface area contributed by atoms with E-state index in [1.54, 1.807) is 0 Å². The Morgan fingerprint density at radius 2 is 1.86 bits per heavy atom. The first-order valence-electron chi connectivity index (χ1n) is 4.25. The fourth-order valence-corrected chi connectivity index (χ4v) is 4.16. The highest BCUT2D eigenvalue weighted by Gasteiger charge is 2.25. The van der Waals surface area contributed by atoms with Gasteiger partial charge in [0.25, 0.3) is 0 Å². The molecule has 4 heteroatoms. The zero-order valence-electron chi connectivity index (χ0n) is 7.74. The minimum Gasteiger partial charge on any atom is -0.257 e. The number of benzene rings is 1. The van der Waals surface area contributed by atoms with Crippen molar-refractivity contribution in [2.45, 2.75) is 19.8 Å². The van der Waals surface area contributed by atoms with Gasteiger partial charge in [-0.3, -0.25) is 4.99 Å². The fourth-order valence-electron chi connectivity index (χ4n) is 1.60. The second kappa shape index (κ2) is 4.15. The summed E-state index contributed by atoms with van der Waals surface area (Å²) >= 11 is 7.23. The third-order valence-electron chi connectivity index (χ3n) is 2.53. The van der Waals surface area contributed by atoms with Crippen LogP contribution in [-0.4, -0.2) is 5.71 Å². The predicted octanol–water partition coefficient (Wildman–Crippen LogP) is 4.71. The van der Waals surface area contributed by atoms with Crippen molar-refractivity contribution in [3.63, 3.8) is 0 Å². The maximum atomic E-state index is 4.60. The van der Waals surface area contributed by atoms with Crippen molar-refractivity contribution in [1.82, 2.24) is 0 Å². The van der Waals surface area contributed by atoms with Gasteiger partial charge < -0.3 is 0 Å². The number of halogens is 3. The summed E-state index contributed by atoms with van der Waals surface area (Å²) < 4.78 is 4.04. The molecule has 1 aliphatic heterocycles. The smallest absolute Gasteiger partial charge is 0.0689 e. The Morgan fingerprint density at radius 3 is 2.50 bits per heavy atom. The van der Waals surface area contributed by atoms with Gasteiger partial charge in [-0.25, -0.2) is 0 Å². The molecule has 0 saturated carbocycles. The molecular formula is C10H8I3N. The van der Waals surface area contributed by atoms with E-state index in [1.165, 1.54) is 27.7 Å². The van der Waals surface area contributed by atoms with E-state index in [0.717, 1.165) is 0 Å². The van der Waals surface area contributed by atoms with Crippen LogP contribution in [0.25, 0.3) is 0 Å². The lowest BCUT2D eigenvalue weighted by Gasteiger charge is -2.10. The average molecular weight is 523 g/mol. The zero-order chi connectivity index (χ0) is 10.5. The normalized spacial score (nSPS) is 19.5. The highest BCUT2D eigenvalue weighted by molar-refractivity contribution is 14.1. The quantitative estimate of drug-likeness (QED) is 0.346. The van der Waals surface area contributed by atoms with Crippen LogP contribution in [0.15, 0.2) is 11.1 Å². The van der Waals surface area contributed by atoms with Crippen molar-refractivity contribution in [2.24, 2.45) is 4.99 Å². The minimum absolute atomic E-state index is 0.488. The molecule has 1 heterocycles. The fraction of sp³-hybridized carbons (Fsp3) is 0.300. The van der Waals surface area contributed by atoms with Crippen LogP contribution in [0.4, 0.5) is 5.69 Å². The first-order valence-corrected chi connectivity index (χ1v) is 7.48. The molecule has 0 bridgehead atoms. The van der Waals surface area contributed by atoms with Gasteiger partial charge in [0.1, 0.15) is 0 Å². The molecule has 2 rings (SSSR count). The van der Waals surface area contributed by atoms with E-state index in [2.05, 4.69) is 92.7 Å². The molecular weight excluding hydrogens is 515 g/mol. The van der Waals surface area contributed by atoms with Crippen LogP contribution in [0, 0.1) is 10.7 Å². The van der Waals surface area contributed by atoms with Crippen LogP contribution in [-0.2, 0) is 0 Å². The first kappa shape index (κ1) is 11.6. The molecule has 0 saturated heterocycles. The molecule has 0 aliphatic carbocycles. The number of rotatable bonds is 0. The lowest BCUT2D eigenvalue weighted by Crippen LogP contribution is -2.02. The van der Waals surface area contributed by atoms with Crippen molar-refractivity contribution in [3.8, 4) is 0 Å². The van der Waals surface area contributed by atoms with Crippen molar-refractivity contribution in [3.05, 3.63) is 22.3 Å². The highest BCUT2D eigenvalue weighted by Crippen LogP contribution is 2.41. The van der Waals surface area contributed by atoms with Crippen molar-refractivity contribution in [1.29, 1.82) is 0 Å². The van der Waals surface area contributed by atoms with E-state index in [4.69, 9.17) is 0 Å². The van der Waals surface area contributed by atoms with Gasteiger partial charge in [0.05, 0.1) is 5.69 Å². The van der Waals surface area contributed by atoms with Gasteiger partial charge in [-0.1, -0.05) is 6.92 Å². The Kier molecular flexibility index (Phi) is 3.43. The molecule has 0 fully saturated rings. The molecule has 0 radical (unpaired) electrons. The molecule has 0 amide bonds. The van der Waals surface area contributed by atoms with E-state index in [-0.39, 0.29) is 0 Å². The van der Waals surface area contributed by atoms with Crippen LogP contribution in [0.1, 0.15) is 25.3 Å². The Labute approximate surface area is 125 Å². The Morgan fingerprint density at radius 1 is 1.21 bits per heavy atom. The summed E-state index contributed by atoms with van der Waals surface area (Å²) in [5.74, 6) is 0.488. The second-order valence-corrected chi connectivity index (χ2v) is 6.71. The largest absolute Gasteiger partial charge is 0.257 e. The molecule has 0 aromatic heterocycles. The molecule has 1 nitrogen and oxygen atoms in total. The third kappa shape index (κ3) is 1.74. The molecule has 1 aliphatic rings. The molecule has 1 unspecified atom stereocenters. The van der Waals surface area contributed by atoms with Gasteiger partial charge in [0.15, 0.2) is 0 Å². The second-order valence-electron chi connectivity index (χ2n) is 3.39. The maximum absolute atomic E-state index is 4.60. The van der Waals surface area contributed by atoms with E-state index >= 15 is 0 Å². The standard InChI is InChI=1S/C10H8I3N/c1-4-5(2)14-7-3-6(11)9(12)10(13)8(4)7/h3-4H,1-2H3. The SMILES string of the molecule is CC1=Nc2cc(I)c(I)c(I)c2C1C. The average Bonchev–Trinajstić information content (AvgIpc) is 2.39. The summed E-state index contributed by atoms with van der Waals surface area (Å²) in [7, 11) is 0. The molecule has 0 N–H and O–H groups in total. The summed E-state index contributed by atoms with van der Waals surface area (Å²) in [6.07, 6.45) is 0. The van der Waals surface area contributed by atoms with E-state index in [9.17, 15) is 0 Å². The van der Waals surface area contributed by atoms with Crippen LogP contribution >= 0.6 is 67.8 Å². The molecule has 1 aromatic carbocycles. The topological polar surface area (TPSA) is 12.4 Å². The van der Waals surface area contributed by atoms with Crippen LogP contribution < -0.4 is 0 Å². The lowest BCUT2D eigenvalue weighted by atomic mass is 9.99. The highest BCUT2D eigenvalue weighted by atomic mass is 127. The number of nitrogens with zero attached hydrogens (tertiary/aromatic N) is 1. The van der Waals surface area contributed by atoms with Crippen LogP contribution in [0.5, 0.6) is 0 Å². The van der Waals surface area contributed by atoms with E-state index in [0.29, 0.717) is 5.92 Å². The predicted molar refractivity (Wildman–Crippen MR) is 85.8 cm³/mol. The summed E-state index contributed by atoms with van der Waals surface area (Å²) in [5, 5.41) is 0. The number of aliphatic imine (C=N–C) groups is 1. The van der Waals surface area contributed by atoms with Gasteiger partial charge in [0.2, 0.25) is 0 Å². The zero-order valence-corrected chi connectivity index (χ0v) is 14.2. The number of hydrogen-bond acceptors (Lipinski definition) is 1. The van der Waals surface area contributed by atoms with Crippen LogP contribution in [0.2, 0.25) is 0 Å². The Bertz CT molecular complexity index is 437. The third-order valence-corrected chi connectivity index (χ3v) is 7.69. The van der Waals surface area contributed by atoms with Gasteiger partial charge in [-0.2, -0.15) is 0 Å². The first-order chi connectivity index (χ1) is 6.52. The van der Waals surface area contributed by atoms with Gasteiger partial charge in [-0.15, -0.1) is 0 Å².